The van der Waals surface area contributed by atoms with Crippen molar-refractivity contribution in [1.29, 1.82) is 0 Å². The molecule has 0 fully saturated rings. The van der Waals surface area contributed by atoms with Crippen LogP contribution in [0, 0.1) is 0 Å². The summed E-state index contributed by atoms with van der Waals surface area (Å²) in [5.41, 5.74) is 7.95. The van der Waals surface area contributed by atoms with E-state index in [-0.39, 0.29) is 6.61 Å². The largest absolute Gasteiger partial charge is 0.479 e. The number of aliphatic carboxylic acids is 1. The summed E-state index contributed by atoms with van der Waals surface area (Å²) in [6.45, 7) is 1.57. The molecule has 2 unspecified atom stereocenters. The Morgan fingerprint density at radius 2 is 2.40 bits per heavy atom. The molecule has 0 aromatic heterocycles. The summed E-state index contributed by atoms with van der Waals surface area (Å²) in [4.78, 5) is 12.9. The summed E-state index contributed by atoms with van der Waals surface area (Å²) >= 11 is 0. The molecular formula is C8H14FN3O3. The van der Waals surface area contributed by atoms with Crippen LogP contribution in [0.1, 0.15) is 19.8 Å². The summed E-state index contributed by atoms with van der Waals surface area (Å²) in [6, 6.07) is 0. The number of carbonyl (C=O) groups is 1. The normalized spacial score (nSPS) is 14.0. The van der Waals surface area contributed by atoms with E-state index in [1.165, 1.54) is 0 Å². The minimum Gasteiger partial charge on any atom is -0.479 e. The van der Waals surface area contributed by atoms with Crippen LogP contribution >= 0.6 is 0 Å². The molecule has 0 amide bonds. The first-order valence-corrected chi connectivity index (χ1v) is 4.62. The summed E-state index contributed by atoms with van der Waals surface area (Å²) in [5, 5.41) is 11.6. The Hall–Kier alpha value is -1.33. The van der Waals surface area contributed by atoms with Crippen LogP contribution in [0.5, 0.6) is 0 Å². The molecule has 0 aliphatic rings. The number of rotatable bonds is 8. The van der Waals surface area contributed by atoms with Gasteiger partial charge in [0.1, 0.15) is 6.17 Å². The van der Waals surface area contributed by atoms with Gasteiger partial charge in [0.15, 0.2) is 6.10 Å². The molecule has 0 heterocycles. The number of halogens is 1. The van der Waals surface area contributed by atoms with Gasteiger partial charge >= 0.3 is 5.97 Å². The molecule has 0 saturated heterocycles. The topological polar surface area (TPSA) is 95.3 Å². The Kier molecular flexibility index (Phi) is 7.31. The van der Waals surface area contributed by atoms with Crippen molar-refractivity contribution in [2.75, 3.05) is 13.2 Å². The van der Waals surface area contributed by atoms with Gasteiger partial charge in [0, 0.05) is 11.5 Å². The van der Waals surface area contributed by atoms with Crippen molar-refractivity contribution in [2.24, 2.45) is 5.11 Å². The third-order valence-corrected chi connectivity index (χ3v) is 1.69. The van der Waals surface area contributed by atoms with Crippen molar-refractivity contribution in [1.82, 2.24) is 0 Å². The van der Waals surface area contributed by atoms with E-state index in [0.29, 0.717) is 6.42 Å². The minimum atomic E-state index is -1.81. The SMILES string of the molecule is CCCCOC(C(=O)O)C(F)CN=[N+]=[N-]. The highest BCUT2D eigenvalue weighted by molar-refractivity contribution is 5.73. The maximum atomic E-state index is 13.2. The van der Waals surface area contributed by atoms with Gasteiger partial charge in [-0.15, -0.1) is 0 Å². The number of hydrogen-bond acceptors (Lipinski definition) is 3. The maximum absolute atomic E-state index is 13.2. The van der Waals surface area contributed by atoms with E-state index >= 15 is 0 Å². The van der Waals surface area contributed by atoms with Crippen LogP contribution in [0.4, 0.5) is 4.39 Å². The highest BCUT2D eigenvalue weighted by Gasteiger charge is 2.28. The van der Waals surface area contributed by atoms with Gasteiger partial charge < -0.3 is 9.84 Å². The first-order valence-electron chi connectivity index (χ1n) is 4.62. The monoisotopic (exact) mass is 219 g/mol. The Bertz CT molecular complexity index is 243. The van der Waals surface area contributed by atoms with Gasteiger partial charge in [0.25, 0.3) is 0 Å². The molecule has 6 nitrogen and oxygen atoms in total. The molecule has 1 N–H and O–H groups in total. The molecule has 2 atom stereocenters. The molecule has 0 spiro atoms. The van der Waals surface area contributed by atoms with Gasteiger partial charge in [-0.05, 0) is 12.0 Å². The Balaban J connectivity index is 4.12. The van der Waals surface area contributed by atoms with Gasteiger partial charge in [0.2, 0.25) is 0 Å². The average Bonchev–Trinajstić information content (AvgIpc) is 2.20. The van der Waals surface area contributed by atoms with Crippen LogP contribution in [-0.2, 0) is 9.53 Å². The molecule has 86 valence electrons. The highest BCUT2D eigenvalue weighted by Crippen LogP contribution is 2.07. The lowest BCUT2D eigenvalue weighted by Crippen LogP contribution is -2.35. The fourth-order valence-corrected chi connectivity index (χ4v) is 0.895. The third-order valence-electron chi connectivity index (χ3n) is 1.69. The second kappa shape index (κ2) is 8.02. The number of alkyl halides is 1. The second-order valence-corrected chi connectivity index (χ2v) is 2.91. The average molecular weight is 219 g/mol. The fraction of sp³-hybridized carbons (Fsp3) is 0.875. The highest BCUT2D eigenvalue weighted by atomic mass is 19.1. The van der Waals surface area contributed by atoms with E-state index in [1.54, 1.807) is 0 Å². The summed E-state index contributed by atoms with van der Waals surface area (Å²) in [7, 11) is 0. The molecule has 0 aromatic rings. The Labute approximate surface area is 86.7 Å². The molecule has 0 aromatic carbocycles. The predicted molar refractivity (Wildman–Crippen MR) is 51.2 cm³/mol. The Morgan fingerprint density at radius 3 is 2.87 bits per heavy atom. The van der Waals surface area contributed by atoms with Crippen molar-refractivity contribution in [3.05, 3.63) is 10.4 Å². The molecule has 7 heteroatoms. The maximum Gasteiger partial charge on any atom is 0.335 e. The van der Waals surface area contributed by atoms with Crippen LogP contribution in [0.2, 0.25) is 0 Å². The number of unbranched alkanes of at least 4 members (excludes halogenated alkanes) is 1. The molecule has 0 saturated carbocycles. The lowest BCUT2D eigenvalue weighted by atomic mass is 10.2. The summed E-state index contributed by atoms with van der Waals surface area (Å²) in [6.07, 6.45) is -1.87. The first kappa shape index (κ1) is 13.7. The number of azide groups is 1. The first-order chi connectivity index (χ1) is 7.13. The van der Waals surface area contributed by atoms with Crippen molar-refractivity contribution < 1.29 is 19.0 Å². The van der Waals surface area contributed by atoms with Gasteiger partial charge in [-0.25, -0.2) is 9.18 Å². The molecule has 0 rings (SSSR count). The van der Waals surface area contributed by atoms with Crippen LogP contribution in [0.15, 0.2) is 5.11 Å². The van der Waals surface area contributed by atoms with E-state index in [9.17, 15) is 9.18 Å². The van der Waals surface area contributed by atoms with E-state index in [0.717, 1.165) is 6.42 Å². The van der Waals surface area contributed by atoms with Gasteiger partial charge in [-0.3, -0.25) is 0 Å². The van der Waals surface area contributed by atoms with Crippen LogP contribution < -0.4 is 0 Å². The van der Waals surface area contributed by atoms with Gasteiger partial charge in [0.05, 0.1) is 6.54 Å². The van der Waals surface area contributed by atoms with Crippen molar-refractivity contribution in [3.63, 3.8) is 0 Å². The van der Waals surface area contributed by atoms with Gasteiger partial charge in [-0.1, -0.05) is 18.5 Å². The van der Waals surface area contributed by atoms with Crippen molar-refractivity contribution in [2.45, 2.75) is 32.0 Å². The van der Waals surface area contributed by atoms with Gasteiger partial charge in [-0.2, -0.15) is 0 Å². The van der Waals surface area contributed by atoms with Crippen molar-refractivity contribution in [3.8, 4) is 0 Å². The number of carboxylic acids is 1. The lowest BCUT2D eigenvalue weighted by molar-refractivity contribution is -0.154. The molecule has 15 heavy (non-hydrogen) atoms. The second-order valence-electron chi connectivity index (χ2n) is 2.91. The smallest absolute Gasteiger partial charge is 0.335 e. The van der Waals surface area contributed by atoms with E-state index in [1.807, 2.05) is 6.92 Å². The minimum absolute atomic E-state index is 0.185. The number of carboxylic acid groups (broad SMARTS) is 1. The molecule has 0 aliphatic heterocycles. The molecular weight excluding hydrogens is 205 g/mol. The fourth-order valence-electron chi connectivity index (χ4n) is 0.895. The zero-order chi connectivity index (χ0) is 11.7. The third kappa shape index (κ3) is 5.87. The summed E-state index contributed by atoms with van der Waals surface area (Å²) < 4.78 is 18.0. The predicted octanol–water partition coefficient (Wildman–Crippen LogP) is 1.90. The number of nitrogens with zero attached hydrogens (tertiary/aromatic N) is 3. The molecule has 0 aliphatic carbocycles. The molecule has 0 radical (unpaired) electrons. The van der Waals surface area contributed by atoms with E-state index < -0.39 is 24.8 Å². The van der Waals surface area contributed by atoms with Crippen LogP contribution in [0.25, 0.3) is 10.4 Å². The number of hydrogen-bond donors (Lipinski definition) is 1. The Morgan fingerprint density at radius 1 is 1.73 bits per heavy atom. The quantitative estimate of drug-likeness (QED) is 0.292. The van der Waals surface area contributed by atoms with Crippen LogP contribution in [-0.4, -0.2) is 36.5 Å². The summed E-state index contributed by atoms with van der Waals surface area (Å²) in [5.74, 6) is -1.38. The standard InChI is InChI=1S/C8H14FN3O3/c1-2-3-4-15-7(8(13)14)6(9)5-11-12-10/h6-7H,2-5H2,1H3,(H,13,14). The lowest BCUT2D eigenvalue weighted by Gasteiger charge is -2.15. The molecule has 0 bridgehead atoms. The van der Waals surface area contributed by atoms with E-state index in [4.69, 9.17) is 15.4 Å². The zero-order valence-corrected chi connectivity index (χ0v) is 8.47. The van der Waals surface area contributed by atoms with E-state index in [2.05, 4.69) is 10.0 Å². The zero-order valence-electron chi connectivity index (χ0n) is 8.47. The number of ether oxygens (including phenoxy) is 1. The van der Waals surface area contributed by atoms with Crippen molar-refractivity contribution >= 4 is 5.97 Å². The van der Waals surface area contributed by atoms with Crippen LogP contribution in [0.3, 0.4) is 0 Å².